The molecule has 0 spiro atoms. The molecule has 10 nitrogen and oxygen atoms in total. The third-order valence-corrected chi connectivity index (χ3v) is 5.87. The largest absolute Gasteiger partial charge is 0.270 e. The lowest BCUT2D eigenvalue weighted by atomic mass is 10.2. The Bertz CT molecular complexity index is 888. The minimum absolute atomic E-state index is 0.0754. The van der Waals surface area contributed by atoms with Gasteiger partial charge in [0.25, 0.3) is 5.69 Å². The van der Waals surface area contributed by atoms with E-state index in [0.29, 0.717) is 11.4 Å². The highest BCUT2D eigenvalue weighted by Gasteiger charge is 2.24. The molecule has 1 aliphatic rings. The van der Waals surface area contributed by atoms with Gasteiger partial charge in [0.05, 0.1) is 22.4 Å². The fraction of sp³-hybridized carbons (Fsp3) is 0.500. The molecule has 2 aromatic rings. The van der Waals surface area contributed by atoms with Crippen LogP contribution in [0.2, 0.25) is 0 Å². The van der Waals surface area contributed by atoms with Gasteiger partial charge in [-0.1, -0.05) is 18.9 Å². The number of nitrogens with zero attached hydrogens (tertiary/aromatic N) is 5. The third kappa shape index (κ3) is 3.66. The van der Waals surface area contributed by atoms with Crippen LogP contribution >= 0.6 is 0 Å². The van der Waals surface area contributed by atoms with Crippen LogP contribution in [-0.4, -0.2) is 33.5 Å². The van der Waals surface area contributed by atoms with Gasteiger partial charge in [0, 0.05) is 12.1 Å². The number of hydrogen-bond acceptors (Lipinski definition) is 7. The molecule has 1 N–H and O–H groups in total. The highest BCUT2D eigenvalue weighted by molar-refractivity contribution is 7.89. The van der Waals surface area contributed by atoms with Gasteiger partial charge >= 0.3 is 0 Å². The zero-order valence-corrected chi connectivity index (χ0v) is 14.4. The summed E-state index contributed by atoms with van der Waals surface area (Å²) in [6.07, 6.45) is 4.13. The van der Waals surface area contributed by atoms with Crippen LogP contribution in [0.25, 0.3) is 0 Å². The molecule has 0 radical (unpaired) electrons. The van der Waals surface area contributed by atoms with Gasteiger partial charge in [-0.25, -0.2) is 17.8 Å². The highest BCUT2D eigenvalue weighted by atomic mass is 32.2. The molecule has 1 aromatic carbocycles. The Morgan fingerprint density at radius 1 is 1.36 bits per heavy atom. The van der Waals surface area contributed by atoms with Crippen LogP contribution in [0.3, 0.4) is 0 Å². The quantitative estimate of drug-likeness (QED) is 0.604. The minimum atomic E-state index is -3.93. The van der Waals surface area contributed by atoms with Gasteiger partial charge in [0.15, 0.2) is 5.82 Å². The number of aromatic nitrogens is 4. The lowest BCUT2D eigenvalue weighted by Gasteiger charge is -2.12. The molecule has 0 bridgehead atoms. The number of non-ortho nitro benzene ring substituents is 1. The third-order valence-electron chi connectivity index (χ3n) is 4.32. The molecular formula is C14H18N6O4S. The molecule has 0 atom stereocenters. The summed E-state index contributed by atoms with van der Waals surface area (Å²) in [6, 6.07) is 3.93. The van der Waals surface area contributed by atoms with E-state index >= 15 is 0 Å². The number of rotatable bonds is 6. The standard InChI is InChI=1S/C14H18N6O4S/c1-10-6-7-12(20(21)22)8-13(10)25(23,24)15-9-14-16-17-18-19(14)11-4-2-3-5-11/h6-8,11,15H,2-5,9H2,1H3. The Hall–Kier alpha value is -2.40. The molecule has 1 aliphatic carbocycles. The summed E-state index contributed by atoms with van der Waals surface area (Å²) in [5, 5.41) is 22.4. The molecule has 0 saturated heterocycles. The van der Waals surface area contributed by atoms with E-state index in [-0.39, 0.29) is 23.2 Å². The summed E-state index contributed by atoms with van der Waals surface area (Å²) in [5.74, 6) is 0.429. The molecule has 0 aliphatic heterocycles. The van der Waals surface area contributed by atoms with Crippen LogP contribution < -0.4 is 4.72 Å². The predicted octanol–water partition coefficient (Wildman–Crippen LogP) is 1.48. The summed E-state index contributed by atoms with van der Waals surface area (Å²) < 4.78 is 29.2. The Labute approximate surface area is 144 Å². The number of sulfonamides is 1. The number of nitrogens with one attached hydrogen (secondary N) is 1. The molecule has 1 saturated carbocycles. The van der Waals surface area contributed by atoms with E-state index in [9.17, 15) is 18.5 Å². The van der Waals surface area contributed by atoms with Crippen LogP contribution in [-0.2, 0) is 16.6 Å². The minimum Gasteiger partial charge on any atom is -0.258 e. The van der Waals surface area contributed by atoms with E-state index in [4.69, 9.17) is 0 Å². The van der Waals surface area contributed by atoms with Gasteiger partial charge in [0.2, 0.25) is 10.0 Å². The van der Waals surface area contributed by atoms with Gasteiger partial charge in [-0.2, -0.15) is 0 Å². The highest BCUT2D eigenvalue weighted by Crippen LogP contribution is 2.29. The van der Waals surface area contributed by atoms with Crippen molar-refractivity contribution in [2.75, 3.05) is 0 Å². The van der Waals surface area contributed by atoms with Crippen molar-refractivity contribution >= 4 is 15.7 Å². The van der Waals surface area contributed by atoms with Crippen LogP contribution in [0.4, 0.5) is 5.69 Å². The van der Waals surface area contributed by atoms with E-state index in [1.54, 1.807) is 11.6 Å². The molecule has 1 fully saturated rings. The summed E-state index contributed by atoms with van der Waals surface area (Å²) in [6.45, 7) is 1.51. The topological polar surface area (TPSA) is 133 Å². The van der Waals surface area contributed by atoms with E-state index in [0.717, 1.165) is 31.7 Å². The zero-order chi connectivity index (χ0) is 18.0. The lowest BCUT2D eigenvalue weighted by molar-refractivity contribution is -0.385. The molecule has 0 amide bonds. The number of hydrogen-bond donors (Lipinski definition) is 1. The predicted molar refractivity (Wildman–Crippen MR) is 87.2 cm³/mol. The van der Waals surface area contributed by atoms with Gasteiger partial charge in [-0.3, -0.25) is 10.1 Å². The van der Waals surface area contributed by atoms with Crippen molar-refractivity contribution in [2.24, 2.45) is 0 Å². The number of benzene rings is 1. The first-order valence-corrected chi connectivity index (χ1v) is 9.38. The lowest BCUT2D eigenvalue weighted by Crippen LogP contribution is -2.26. The Balaban J connectivity index is 1.80. The van der Waals surface area contributed by atoms with Crippen LogP contribution in [0.15, 0.2) is 23.1 Å². The van der Waals surface area contributed by atoms with Crippen molar-refractivity contribution in [1.29, 1.82) is 0 Å². The first-order valence-electron chi connectivity index (χ1n) is 7.90. The van der Waals surface area contributed by atoms with Gasteiger partial charge in [-0.15, -0.1) is 5.10 Å². The van der Waals surface area contributed by atoms with Gasteiger partial charge in [0.1, 0.15) is 0 Å². The van der Waals surface area contributed by atoms with Crippen molar-refractivity contribution in [3.63, 3.8) is 0 Å². The molecule has 25 heavy (non-hydrogen) atoms. The van der Waals surface area contributed by atoms with Crippen LogP contribution in [0.5, 0.6) is 0 Å². The monoisotopic (exact) mass is 366 g/mol. The summed E-state index contributed by atoms with van der Waals surface area (Å²) in [4.78, 5) is 10.1. The second kappa shape index (κ2) is 6.84. The SMILES string of the molecule is Cc1ccc([N+](=O)[O-])cc1S(=O)(=O)NCc1nnnn1C1CCCC1. The first-order chi connectivity index (χ1) is 11.9. The number of nitro groups is 1. The molecule has 3 rings (SSSR count). The van der Waals surface area contributed by atoms with E-state index < -0.39 is 14.9 Å². The van der Waals surface area contributed by atoms with Crippen molar-refractivity contribution in [1.82, 2.24) is 24.9 Å². The summed E-state index contributed by atoms with van der Waals surface area (Å²) in [5.41, 5.74) is 0.148. The smallest absolute Gasteiger partial charge is 0.258 e. The van der Waals surface area contributed by atoms with E-state index in [1.807, 2.05) is 0 Å². The first kappa shape index (κ1) is 17.4. The molecule has 134 valence electrons. The number of aryl methyl sites for hydroxylation is 1. The van der Waals surface area contributed by atoms with E-state index in [1.165, 1.54) is 12.1 Å². The average molecular weight is 366 g/mol. The summed E-state index contributed by atoms with van der Waals surface area (Å²) >= 11 is 0. The Morgan fingerprint density at radius 2 is 2.08 bits per heavy atom. The van der Waals surface area contributed by atoms with Crippen molar-refractivity contribution in [3.8, 4) is 0 Å². The average Bonchev–Trinajstić information content (AvgIpc) is 3.24. The second-order valence-corrected chi connectivity index (χ2v) is 7.74. The van der Waals surface area contributed by atoms with Crippen LogP contribution in [0, 0.1) is 17.0 Å². The molecule has 0 unspecified atom stereocenters. The Morgan fingerprint density at radius 3 is 2.76 bits per heavy atom. The second-order valence-electron chi connectivity index (χ2n) is 6.01. The maximum Gasteiger partial charge on any atom is 0.270 e. The molecular weight excluding hydrogens is 348 g/mol. The number of tetrazole rings is 1. The fourth-order valence-corrected chi connectivity index (χ4v) is 4.23. The molecule has 11 heteroatoms. The summed E-state index contributed by atoms with van der Waals surface area (Å²) in [7, 11) is -3.93. The molecule has 1 heterocycles. The van der Waals surface area contributed by atoms with Crippen molar-refractivity contribution < 1.29 is 13.3 Å². The van der Waals surface area contributed by atoms with Gasteiger partial charge < -0.3 is 0 Å². The fourth-order valence-electron chi connectivity index (χ4n) is 2.99. The maximum atomic E-state index is 12.5. The van der Waals surface area contributed by atoms with Crippen molar-refractivity contribution in [3.05, 3.63) is 39.7 Å². The number of nitro benzene ring substituents is 1. The normalized spacial score (nSPS) is 15.6. The van der Waals surface area contributed by atoms with Crippen molar-refractivity contribution in [2.45, 2.75) is 50.1 Å². The Kier molecular flexibility index (Phi) is 4.77. The maximum absolute atomic E-state index is 12.5. The van der Waals surface area contributed by atoms with Crippen LogP contribution in [0.1, 0.15) is 43.1 Å². The zero-order valence-electron chi connectivity index (χ0n) is 13.6. The van der Waals surface area contributed by atoms with Gasteiger partial charge in [-0.05, 0) is 35.8 Å². The van der Waals surface area contributed by atoms with E-state index in [2.05, 4.69) is 20.2 Å². The molecule has 1 aromatic heterocycles.